The van der Waals surface area contributed by atoms with E-state index in [1.807, 2.05) is 0 Å². The van der Waals surface area contributed by atoms with Crippen molar-refractivity contribution in [1.29, 1.82) is 0 Å². The molecule has 0 aromatic heterocycles. The van der Waals surface area contributed by atoms with Crippen molar-refractivity contribution in [1.82, 2.24) is 0 Å². The lowest BCUT2D eigenvalue weighted by molar-refractivity contribution is 0.131. The van der Waals surface area contributed by atoms with Gasteiger partial charge in [-0.2, -0.15) is 0 Å². The van der Waals surface area contributed by atoms with Gasteiger partial charge in [-0.3, -0.25) is 0 Å². The molecule has 1 N–H and O–H groups in total. The largest absolute Gasteiger partial charge is 0.376 e. The van der Waals surface area contributed by atoms with E-state index in [2.05, 4.69) is 129 Å². The molecule has 1 atom stereocenters. The van der Waals surface area contributed by atoms with Crippen LogP contribution in [0.3, 0.4) is 0 Å². The molecule has 0 spiro atoms. The van der Waals surface area contributed by atoms with E-state index < -0.39 is 5.60 Å². The van der Waals surface area contributed by atoms with E-state index in [0.29, 0.717) is 22.7 Å². The molecule has 4 aromatic carbocycles. The number of hydrogen-bond acceptors (Lipinski definition) is 1. The standard InChI is InChI=1S/C41H45BrO/c1-39(2)21-17-28(18-22-39)27-9-11-30(12-10-27)33-15-13-31(29-19-23-40(3,4)24-20-29)25-37(33)41(43)36-8-6-5-7-34(36)35-16-14-32(42)26-38(35)41/h5-16,25-26,28-29,43H,17-24H2,1-4H3. The molecule has 1 nitrogen and oxygen atoms in total. The summed E-state index contributed by atoms with van der Waals surface area (Å²) < 4.78 is 0.990. The van der Waals surface area contributed by atoms with Crippen LogP contribution in [0.15, 0.2) is 89.4 Å². The maximum Gasteiger partial charge on any atom is 0.142 e. The number of fused-ring (bicyclic) bond motifs is 3. The highest BCUT2D eigenvalue weighted by Gasteiger charge is 2.45. The molecule has 2 heteroatoms. The normalized spacial score (nSPS) is 23.1. The fourth-order valence-electron chi connectivity index (χ4n) is 8.29. The molecule has 2 saturated carbocycles. The molecule has 3 aliphatic carbocycles. The molecular formula is C41H45BrO. The minimum atomic E-state index is -1.23. The molecule has 7 rings (SSSR count). The van der Waals surface area contributed by atoms with E-state index in [-0.39, 0.29) is 0 Å². The molecule has 0 amide bonds. The smallest absolute Gasteiger partial charge is 0.142 e. The van der Waals surface area contributed by atoms with Crippen molar-refractivity contribution in [3.8, 4) is 22.3 Å². The van der Waals surface area contributed by atoms with Gasteiger partial charge in [0.15, 0.2) is 0 Å². The molecule has 0 aliphatic heterocycles. The predicted molar refractivity (Wildman–Crippen MR) is 184 cm³/mol. The van der Waals surface area contributed by atoms with E-state index in [1.54, 1.807) is 0 Å². The topological polar surface area (TPSA) is 20.2 Å². The molecule has 0 radical (unpaired) electrons. The fraction of sp³-hybridized carbons (Fsp3) is 0.415. The zero-order valence-corrected chi connectivity index (χ0v) is 27.8. The second-order valence-corrected chi connectivity index (χ2v) is 16.2. The second kappa shape index (κ2) is 10.7. The number of rotatable bonds is 4. The highest BCUT2D eigenvalue weighted by Crippen LogP contribution is 2.54. The van der Waals surface area contributed by atoms with Crippen molar-refractivity contribution in [3.05, 3.63) is 117 Å². The molecule has 3 aliphatic rings. The van der Waals surface area contributed by atoms with Crippen LogP contribution in [0.25, 0.3) is 22.3 Å². The number of aliphatic hydroxyl groups is 1. The van der Waals surface area contributed by atoms with Gasteiger partial charge in [-0.25, -0.2) is 0 Å². The monoisotopic (exact) mass is 632 g/mol. The van der Waals surface area contributed by atoms with Crippen LogP contribution >= 0.6 is 15.9 Å². The molecular weight excluding hydrogens is 588 g/mol. The Balaban J connectivity index is 1.35. The summed E-state index contributed by atoms with van der Waals surface area (Å²) in [7, 11) is 0. The van der Waals surface area contributed by atoms with Gasteiger partial charge in [0.1, 0.15) is 5.60 Å². The van der Waals surface area contributed by atoms with E-state index >= 15 is 0 Å². The molecule has 222 valence electrons. The zero-order valence-electron chi connectivity index (χ0n) is 26.2. The summed E-state index contributed by atoms with van der Waals surface area (Å²) >= 11 is 3.73. The Hall–Kier alpha value is -2.68. The number of hydrogen-bond donors (Lipinski definition) is 1. The maximum atomic E-state index is 13.1. The van der Waals surface area contributed by atoms with Crippen molar-refractivity contribution < 1.29 is 5.11 Å². The molecule has 43 heavy (non-hydrogen) atoms. The second-order valence-electron chi connectivity index (χ2n) is 15.2. The summed E-state index contributed by atoms with van der Waals surface area (Å²) in [6.07, 6.45) is 10.0. The Morgan fingerprint density at radius 3 is 1.72 bits per heavy atom. The summed E-state index contributed by atoms with van der Waals surface area (Å²) in [5.74, 6) is 1.18. The van der Waals surface area contributed by atoms with Crippen LogP contribution < -0.4 is 0 Å². The van der Waals surface area contributed by atoms with Gasteiger partial charge >= 0.3 is 0 Å². The zero-order chi connectivity index (χ0) is 30.0. The van der Waals surface area contributed by atoms with E-state index in [1.165, 1.54) is 68.1 Å². The molecule has 0 saturated heterocycles. The molecule has 4 aromatic rings. The van der Waals surface area contributed by atoms with Crippen LogP contribution in [0, 0.1) is 10.8 Å². The SMILES string of the molecule is CC1(C)CCC(c2ccc(-c3ccc(C4CCC(C)(C)CC4)cc3C3(O)c4ccccc4-c4ccc(Br)cc43)cc2)CC1. The lowest BCUT2D eigenvalue weighted by Crippen LogP contribution is -2.28. The predicted octanol–water partition coefficient (Wildman–Crippen LogP) is 11.7. The van der Waals surface area contributed by atoms with Gasteiger partial charge in [-0.05, 0) is 120 Å². The lowest BCUT2D eigenvalue weighted by atomic mass is 9.70. The summed E-state index contributed by atoms with van der Waals surface area (Å²) in [5.41, 5.74) is 9.98. The first-order valence-electron chi connectivity index (χ1n) is 16.4. The number of benzene rings is 4. The molecule has 1 unspecified atom stereocenters. The summed E-state index contributed by atoms with van der Waals surface area (Å²) in [4.78, 5) is 0. The maximum absolute atomic E-state index is 13.1. The average molecular weight is 634 g/mol. The third kappa shape index (κ3) is 5.23. The highest BCUT2D eigenvalue weighted by molar-refractivity contribution is 9.10. The Kier molecular flexibility index (Phi) is 7.26. The first-order chi connectivity index (χ1) is 20.5. The Morgan fingerprint density at radius 2 is 1.07 bits per heavy atom. The average Bonchev–Trinajstić information content (AvgIpc) is 3.25. The van der Waals surface area contributed by atoms with Crippen molar-refractivity contribution in [2.45, 2.75) is 96.5 Å². The van der Waals surface area contributed by atoms with Crippen LogP contribution in [0.2, 0.25) is 0 Å². The van der Waals surface area contributed by atoms with E-state index in [4.69, 9.17) is 0 Å². The highest BCUT2D eigenvalue weighted by atomic mass is 79.9. The minimum Gasteiger partial charge on any atom is -0.376 e. The van der Waals surface area contributed by atoms with Gasteiger partial charge in [0.25, 0.3) is 0 Å². The van der Waals surface area contributed by atoms with Crippen LogP contribution in [-0.4, -0.2) is 5.11 Å². The first-order valence-corrected chi connectivity index (χ1v) is 17.2. The van der Waals surface area contributed by atoms with E-state index in [9.17, 15) is 5.11 Å². The third-order valence-electron chi connectivity index (χ3n) is 11.3. The third-order valence-corrected chi connectivity index (χ3v) is 11.7. The molecule has 2 fully saturated rings. The summed E-state index contributed by atoms with van der Waals surface area (Å²) in [6.45, 7) is 9.63. The van der Waals surface area contributed by atoms with Crippen molar-refractivity contribution in [3.63, 3.8) is 0 Å². The van der Waals surface area contributed by atoms with Crippen LogP contribution in [-0.2, 0) is 5.60 Å². The van der Waals surface area contributed by atoms with Gasteiger partial charge in [-0.15, -0.1) is 0 Å². The Bertz CT molecular complexity index is 1640. The fourth-order valence-corrected chi connectivity index (χ4v) is 8.65. The minimum absolute atomic E-state index is 0.420. The van der Waals surface area contributed by atoms with Crippen LogP contribution in [0.5, 0.6) is 0 Å². The van der Waals surface area contributed by atoms with Crippen molar-refractivity contribution in [2.24, 2.45) is 10.8 Å². The Morgan fingerprint density at radius 1 is 0.558 bits per heavy atom. The van der Waals surface area contributed by atoms with Gasteiger partial charge in [-0.1, -0.05) is 116 Å². The quantitative estimate of drug-likeness (QED) is 0.237. The van der Waals surface area contributed by atoms with Crippen LogP contribution in [0.1, 0.15) is 119 Å². The number of halogens is 1. The van der Waals surface area contributed by atoms with Crippen molar-refractivity contribution >= 4 is 15.9 Å². The van der Waals surface area contributed by atoms with E-state index in [0.717, 1.165) is 37.9 Å². The van der Waals surface area contributed by atoms with Gasteiger partial charge in [0, 0.05) is 21.2 Å². The first kappa shape index (κ1) is 29.1. The summed E-state index contributed by atoms with van der Waals surface area (Å²) in [6, 6.07) is 31.2. The van der Waals surface area contributed by atoms with Gasteiger partial charge in [0.2, 0.25) is 0 Å². The van der Waals surface area contributed by atoms with Gasteiger partial charge in [0.05, 0.1) is 0 Å². The Labute approximate surface area is 266 Å². The van der Waals surface area contributed by atoms with Gasteiger partial charge < -0.3 is 5.11 Å². The van der Waals surface area contributed by atoms with Crippen molar-refractivity contribution in [2.75, 3.05) is 0 Å². The van der Waals surface area contributed by atoms with Crippen LogP contribution in [0.4, 0.5) is 0 Å². The molecule has 0 bridgehead atoms. The molecule has 0 heterocycles. The lowest BCUT2D eigenvalue weighted by Gasteiger charge is -2.36. The summed E-state index contributed by atoms with van der Waals surface area (Å²) in [5, 5.41) is 13.1.